The quantitative estimate of drug-likeness (QED) is 0.518. The van der Waals surface area contributed by atoms with Crippen molar-refractivity contribution < 1.29 is 0 Å². The second kappa shape index (κ2) is 7.74. The monoisotopic (exact) mass is 415 g/mol. The van der Waals surface area contributed by atoms with Crippen LogP contribution in [0.15, 0.2) is 52.1 Å². The fraction of sp³-hybridized carbons (Fsp3) is 0.333. The molecule has 5 rings (SSSR count). The summed E-state index contributed by atoms with van der Waals surface area (Å²) in [6.45, 7) is 6.66. The van der Waals surface area contributed by atoms with Crippen LogP contribution in [0.25, 0.3) is 22.6 Å². The molecule has 0 aromatic heterocycles. The largest absolute Gasteiger partial charge is 0.349 e. The number of H-pyrrole nitrogens is 1. The molecule has 3 aliphatic rings. The first-order chi connectivity index (χ1) is 15.0. The van der Waals surface area contributed by atoms with Crippen molar-refractivity contribution in [3.05, 3.63) is 80.0 Å². The lowest BCUT2D eigenvalue weighted by atomic mass is 10.1. The molecular weight excluding hydrogens is 390 g/mol. The Bertz CT molecular complexity index is 1340. The van der Waals surface area contributed by atoms with Gasteiger partial charge in [0.2, 0.25) is 0 Å². The summed E-state index contributed by atoms with van der Waals surface area (Å²) in [6.07, 6.45) is 2.18. The molecule has 1 fully saturated rings. The Morgan fingerprint density at radius 1 is 1.06 bits per heavy atom. The SMILES string of the molecule is Cc1cc2nc3c(=O)[nH]c(=O)nc-3n(CC3CCCN3Cc3ccccc3)c2cc1C. The van der Waals surface area contributed by atoms with Gasteiger partial charge in [-0.25, -0.2) is 9.78 Å². The average molecular weight is 415 g/mol. The number of aryl methyl sites for hydroxylation is 2. The number of nitrogens with zero attached hydrogens (tertiary/aromatic N) is 4. The third kappa shape index (κ3) is 3.65. The summed E-state index contributed by atoms with van der Waals surface area (Å²) in [5.74, 6) is 0.357. The summed E-state index contributed by atoms with van der Waals surface area (Å²) in [4.78, 5) is 38.0. The lowest BCUT2D eigenvalue weighted by molar-refractivity contribution is 0.226. The molecule has 0 aliphatic carbocycles. The van der Waals surface area contributed by atoms with Crippen LogP contribution < -0.4 is 11.2 Å². The van der Waals surface area contributed by atoms with Gasteiger partial charge in [0.25, 0.3) is 5.56 Å². The van der Waals surface area contributed by atoms with E-state index in [9.17, 15) is 9.59 Å². The van der Waals surface area contributed by atoms with Crippen LogP contribution in [0.5, 0.6) is 0 Å². The Morgan fingerprint density at radius 3 is 2.65 bits per heavy atom. The van der Waals surface area contributed by atoms with Gasteiger partial charge in [-0.15, -0.1) is 0 Å². The van der Waals surface area contributed by atoms with Gasteiger partial charge in [-0.3, -0.25) is 14.7 Å². The molecule has 158 valence electrons. The Morgan fingerprint density at radius 2 is 1.84 bits per heavy atom. The highest BCUT2D eigenvalue weighted by Gasteiger charge is 2.28. The van der Waals surface area contributed by atoms with Crippen molar-refractivity contribution in [3.63, 3.8) is 0 Å². The zero-order chi connectivity index (χ0) is 21.5. The smallest absolute Gasteiger partial charge is 0.321 e. The minimum Gasteiger partial charge on any atom is -0.321 e. The van der Waals surface area contributed by atoms with E-state index in [1.165, 1.54) is 5.56 Å². The van der Waals surface area contributed by atoms with Crippen molar-refractivity contribution in [1.29, 1.82) is 0 Å². The molecule has 7 nitrogen and oxygen atoms in total. The van der Waals surface area contributed by atoms with Crippen LogP contribution in [-0.4, -0.2) is 37.0 Å². The van der Waals surface area contributed by atoms with Gasteiger partial charge in [-0.05, 0) is 62.1 Å². The molecule has 7 heteroatoms. The minimum absolute atomic E-state index is 0.211. The number of nitrogens with one attached hydrogen (secondary N) is 1. The number of aromatic amines is 1. The molecule has 0 radical (unpaired) electrons. The summed E-state index contributed by atoms with van der Waals surface area (Å²) in [6, 6.07) is 14.8. The number of fused-ring (bicyclic) bond motifs is 2. The van der Waals surface area contributed by atoms with E-state index in [0.717, 1.165) is 48.1 Å². The van der Waals surface area contributed by atoms with Crippen LogP contribution in [0.4, 0.5) is 0 Å². The predicted molar refractivity (Wildman–Crippen MR) is 120 cm³/mol. The van der Waals surface area contributed by atoms with Gasteiger partial charge in [-0.2, -0.15) is 4.98 Å². The number of hydrogen-bond donors (Lipinski definition) is 1. The highest BCUT2D eigenvalue weighted by atomic mass is 16.2. The molecule has 0 bridgehead atoms. The molecule has 1 N–H and O–H groups in total. The minimum atomic E-state index is -0.635. The second-order valence-corrected chi connectivity index (χ2v) is 8.44. The second-order valence-electron chi connectivity index (χ2n) is 8.44. The summed E-state index contributed by atoms with van der Waals surface area (Å²) >= 11 is 0. The third-order valence-corrected chi connectivity index (χ3v) is 6.35. The van der Waals surface area contributed by atoms with Crippen LogP contribution >= 0.6 is 0 Å². The van der Waals surface area contributed by atoms with E-state index in [2.05, 4.69) is 57.1 Å². The average Bonchev–Trinajstić information content (AvgIpc) is 3.17. The molecule has 1 atom stereocenters. The molecule has 0 saturated carbocycles. The number of likely N-dealkylation sites (tertiary alicyclic amines) is 1. The van der Waals surface area contributed by atoms with Gasteiger partial charge in [0, 0.05) is 19.1 Å². The fourth-order valence-corrected chi connectivity index (χ4v) is 4.57. The molecule has 3 aliphatic heterocycles. The molecule has 0 amide bonds. The Labute approximate surface area is 179 Å². The third-order valence-electron chi connectivity index (χ3n) is 6.35. The standard InChI is InChI=1S/C24H25N5O2/c1-15-11-19-20(12-16(15)2)29(22-21(25-19)23(30)27-24(31)26-22)14-18-9-6-10-28(18)13-17-7-4-3-5-8-17/h3-5,7-8,11-12,18H,6,9-10,13-14H2,1-2H3,(H,27,30,31). The Balaban J connectivity index is 1.62. The van der Waals surface area contributed by atoms with Crippen molar-refractivity contribution in [2.45, 2.75) is 45.8 Å². The maximum Gasteiger partial charge on any atom is 0.349 e. The Kier molecular flexibility index (Phi) is 4.90. The van der Waals surface area contributed by atoms with E-state index in [1.807, 2.05) is 23.6 Å². The number of hydrogen-bond acceptors (Lipinski definition) is 5. The van der Waals surface area contributed by atoms with Crippen LogP contribution in [0.1, 0.15) is 29.5 Å². The van der Waals surface area contributed by atoms with Gasteiger partial charge in [0.15, 0.2) is 11.5 Å². The van der Waals surface area contributed by atoms with E-state index >= 15 is 0 Å². The summed E-state index contributed by atoms with van der Waals surface area (Å²) in [7, 11) is 0. The van der Waals surface area contributed by atoms with E-state index in [4.69, 9.17) is 0 Å². The maximum atomic E-state index is 12.5. The van der Waals surface area contributed by atoms with Crippen molar-refractivity contribution in [2.75, 3.05) is 6.54 Å². The lowest BCUT2D eigenvalue weighted by Gasteiger charge is -2.27. The summed E-state index contributed by atoms with van der Waals surface area (Å²) in [5, 5.41) is 0. The van der Waals surface area contributed by atoms with Crippen molar-refractivity contribution >= 4 is 11.0 Å². The van der Waals surface area contributed by atoms with Crippen molar-refractivity contribution in [2.24, 2.45) is 0 Å². The molecule has 31 heavy (non-hydrogen) atoms. The number of rotatable bonds is 4. The zero-order valence-electron chi connectivity index (χ0n) is 17.8. The normalized spacial score (nSPS) is 17.0. The molecule has 2 aromatic rings. The zero-order valence-corrected chi connectivity index (χ0v) is 17.8. The highest BCUT2D eigenvalue weighted by Crippen LogP contribution is 2.27. The van der Waals surface area contributed by atoms with E-state index < -0.39 is 11.2 Å². The first-order valence-electron chi connectivity index (χ1n) is 10.7. The van der Waals surface area contributed by atoms with Gasteiger partial charge >= 0.3 is 5.69 Å². The summed E-state index contributed by atoms with van der Waals surface area (Å²) in [5.41, 5.74) is 4.27. The topological polar surface area (TPSA) is 83.9 Å². The van der Waals surface area contributed by atoms with Crippen LogP contribution in [0.3, 0.4) is 0 Å². The first kappa shape index (κ1) is 19.6. The molecule has 1 unspecified atom stereocenters. The van der Waals surface area contributed by atoms with Crippen LogP contribution in [-0.2, 0) is 13.1 Å². The highest BCUT2D eigenvalue weighted by molar-refractivity contribution is 5.81. The number of benzene rings is 2. The molecular formula is C24H25N5O2. The molecule has 3 heterocycles. The van der Waals surface area contributed by atoms with Crippen LogP contribution in [0, 0.1) is 13.8 Å². The lowest BCUT2D eigenvalue weighted by Crippen LogP contribution is -2.35. The predicted octanol–water partition coefficient (Wildman–Crippen LogP) is 2.87. The first-order valence-corrected chi connectivity index (χ1v) is 10.7. The Hall–Kier alpha value is -3.32. The van der Waals surface area contributed by atoms with Gasteiger partial charge in [-0.1, -0.05) is 30.3 Å². The van der Waals surface area contributed by atoms with Gasteiger partial charge < -0.3 is 4.57 Å². The summed E-state index contributed by atoms with van der Waals surface area (Å²) < 4.78 is 2.02. The molecule has 1 saturated heterocycles. The maximum absolute atomic E-state index is 12.5. The fourth-order valence-electron chi connectivity index (χ4n) is 4.57. The van der Waals surface area contributed by atoms with E-state index in [0.29, 0.717) is 12.4 Å². The molecule has 0 spiro atoms. The van der Waals surface area contributed by atoms with Gasteiger partial charge in [0.05, 0.1) is 11.0 Å². The van der Waals surface area contributed by atoms with E-state index in [-0.39, 0.29) is 11.7 Å². The number of aromatic nitrogens is 4. The van der Waals surface area contributed by atoms with Gasteiger partial charge in [0.1, 0.15) is 0 Å². The van der Waals surface area contributed by atoms with Crippen molar-refractivity contribution in [1.82, 2.24) is 24.4 Å². The van der Waals surface area contributed by atoms with Crippen LogP contribution in [0.2, 0.25) is 0 Å². The molecule has 2 aromatic carbocycles. The van der Waals surface area contributed by atoms with Crippen molar-refractivity contribution in [3.8, 4) is 11.5 Å². The van der Waals surface area contributed by atoms with E-state index in [1.54, 1.807) is 0 Å².